The van der Waals surface area contributed by atoms with E-state index in [9.17, 15) is 4.79 Å². The third-order valence-corrected chi connectivity index (χ3v) is 3.38. The molecule has 5 heteroatoms. The minimum atomic E-state index is -0.167. The lowest BCUT2D eigenvalue weighted by Crippen LogP contribution is -2.20. The lowest BCUT2D eigenvalue weighted by molar-refractivity contribution is -0.116. The molecule has 1 amide bonds. The Morgan fingerprint density at radius 3 is 2.80 bits per heavy atom. The zero-order valence-corrected chi connectivity index (χ0v) is 11.8. The van der Waals surface area contributed by atoms with Crippen LogP contribution in [0.15, 0.2) is 35.7 Å². The molecule has 100 valence electrons. The molecule has 0 spiro atoms. The molecule has 20 heavy (non-hydrogen) atoms. The first-order chi connectivity index (χ1) is 9.67. The van der Waals surface area contributed by atoms with Crippen LogP contribution in [0, 0.1) is 18.3 Å². The van der Waals surface area contributed by atoms with E-state index in [0.29, 0.717) is 12.1 Å². The average Bonchev–Trinajstić information content (AvgIpc) is 2.89. The normalized spacial score (nSPS) is 10.4. The van der Waals surface area contributed by atoms with Crippen molar-refractivity contribution in [3.8, 4) is 6.07 Å². The number of thiazole rings is 1. The molecule has 4 nitrogen and oxygen atoms in total. The Labute approximate surface area is 121 Å². The number of carbonyl (C=O) groups excluding carboxylic acids is 1. The smallest absolute Gasteiger partial charge is 0.244 e. The number of amides is 1. The van der Waals surface area contributed by atoms with Crippen LogP contribution in [-0.4, -0.2) is 10.9 Å². The first kappa shape index (κ1) is 14.0. The second-order valence-electron chi connectivity index (χ2n) is 4.15. The van der Waals surface area contributed by atoms with E-state index in [1.54, 1.807) is 29.5 Å². The van der Waals surface area contributed by atoms with Crippen molar-refractivity contribution in [3.63, 3.8) is 0 Å². The number of aromatic nitrogens is 1. The molecule has 1 aromatic carbocycles. The minimum Gasteiger partial charge on any atom is -0.348 e. The highest BCUT2D eigenvalue weighted by molar-refractivity contribution is 7.09. The van der Waals surface area contributed by atoms with Gasteiger partial charge >= 0.3 is 0 Å². The zero-order chi connectivity index (χ0) is 14.4. The van der Waals surface area contributed by atoms with Gasteiger partial charge in [-0.3, -0.25) is 4.79 Å². The largest absolute Gasteiger partial charge is 0.348 e. The Morgan fingerprint density at radius 1 is 1.45 bits per heavy atom. The third kappa shape index (κ3) is 4.04. The van der Waals surface area contributed by atoms with Gasteiger partial charge in [-0.25, -0.2) is 4.98 Å². The molecule has 0 aliphatic carbocycles. The quantitative estimate of drug-likeness (QED) is 0.877. The molecule has 0 saturated heterocycles. The van der Waals surface area contributed by atoms with E-state index in [-0.39, 0.29) is 5.91 Å². The predicted molar refractivity (Wildman–Crippen MR) is 78.9 cm³/mol. The summed E-state index contributed by atoms with van der Waals surface area (Å²) in [5, 5.41) is 14.4. The summed E-state index contributed by atoms with van der Waals surface area (Å²) in [5.41, 5.74) is 2.36. The lowest BCUT2D eigenvalue weighted by atomic mass is 10.1. The van der Waals surface area contributed by atoms with Crippen LogP contribution in [0.1, 0.15) is 21.8 Å². The van der Waals surface area contributed by atoms with Crippen molar-refractivity contribution < 1.29 is 4.79 Å². The van der Waals surface area contributed by atoms with Gasteiger partial charge in [-0.15, -0.1) is 11.3 Å². The molecule has 0 aliphatic heterocycles. The Bertz CT molecular complexity index is 665. The molecule has 0 radical (unpaired) electrons. The number of hydrogen-bond acceptors (Lipinski definition) is 4. The summed E-state index contributed by atoms with van der Waals surface area (Å²) >= 11 is 1.55. The molecule has 0 atom stereocenters. The van der Waals surface area contributed by atoms with E-state index in [0.717, 1.165) is 16.3 Å². The standard InChI is InChI=1S/C15H13N3OS/c1-11-18-14(10-20-11)6-7-15(19)17-9-13-4-2-12(8-16)3-5-13/h2-7,10H,9H2,1H3,(H,17,19)/b7-6+. The summed E-state index contributed by atoms with van der Waals surface area (Å²) in [4.78, 5) is 15.9. The van der Waals surface area contributed by atoms with Gasteiger partial charge in [0.05, 0.1) is 22.3 Å². The number of aryl methyl sites for hydroxylation is 1. The van der Waals surface area contributed by atoms with E-state index >= 15 is 0 Å². The monoisotopic (exact) mass is 283 g/mol. The van der Waals surface area contributed by atoms with E-state index < -0.39 is 0 Å². The average molecular weight is 283 g/mol. The summed E-state index contributed by atoms with van der Waals surface area (Å²) < 4.78 is 0. The highest BCUT2D eigenvalue weighted by Crippen LogP contribution is 2.09. The molecule has 0 saturated carbocycles. The maximum absolute atomic E-state index is 11.6. The fourth-order valence-corrected chi connectivity index (χ4v) is 2.14. The first-order valence-electron chi connectivity index (χ1n) is 6.04. The van der Waals surface area contributed by atoms with Crippen molar-refractivity contribution >= 4 is 23.3 Å². The summed E-state index contributed by atoms with van der Waals surface area (Å²) in [6.07, 6.45) is 3.16. The van der Waals surface area contributed by atoms with Crippen molar-refractivity contribution in [3.05, 3.63) is 57.6 Å². The Morgan fingerprint density at radius 2 is 2.20 bits per heavy atom. The van der Waals surface area contributed by atoms with Crippen LogP contribution < -0.4 is 5.32 Å². The Balaban J connectivity index is 1.85. The highest BCUT2D eigenvalue weighted by Gasteiger charge is 1.98. The van der Waals surface area contributed by atoms with Gasteiger partial charge in [0, 0.05) is 18.0 Å². The van der Waals surface area contributed by atoms with E-state index in [1.165, 1.54) is 6.08 Å². The molecule has 2 rings (SSSR count). The van der Waals surface area contributed by atoms with Crippen molar-refractivity contribution in [2.45, 2.75) is 13.5 Å². The van der Waals surface area contributed by atoms with Gasteiger partial charge in [0.25, 0.3) is 0 Å². The fourth-order valence-electron chi connectivity index (χ4n) is 1.56. The second-order valence-corrected chi connectivity index (χ2v) is 5.21. The van der Waals surface area contributed by atoms with Crippen LogP contribution in [0.2, 0.25) is 0 Å². The number of benzene rings is 1. The van der Waals surface area contributed by atoms with Gasteiger partial charge in [0.1, 0.15) is 0 Å². The molecule has 1 heterocycles. The van der Waals surface area contributed by atoms with Gasteiger partial charge in [-0.2, -0.15) is 5.26 Å². The lowest BCUT2D eigenvalue weighted by Gasteiger charge is -2.02. The van der Waals surface area contributed by atoms with Crippen molar-refractivity contribution in [2.24, 2.45) is 0 Å². The first-order valence-corrected chi connectivity index (χ1v) is 6.92. The molecule has 2 aromatic rings. The number of nitrogens with zero attached hydrogens (tertiary/aromatic N) is 2. The van der Waals surface area contributed by atoms with Crippen LogP contribution in [0.25, 0.3) is 6.08 Å². The van der Waals surface area contributed by atoms with E-state index in [2.05, 4.69) is 16.4 Å². The molecular weight excluding hydrogens is 270 g/mol. The molecule has 0 unspecified atom stereocenters. The summed E-state index contributed by atoms with van der Waals surface area (Å²) in [5.74, 6) is -0.167. The van der Waals surface area contributed by atoms with Gasteiger partial charge in [-0.05, 0) is 30.7 Å². The molecule has 0 fully saturated rings. The highest BCUT2D eigenvalue weighted by atomic mass is 32.1. The fraction of sp³-hybridized carbons (Fsp3) is 0.133. The van der Waals surface area contributed by atoms with Crippen LogP contribution in [0.3, 0.4) is 0 Å². The van der Waals surface area contributed by atoms with Crippen LogP contribution in [0.4, 0.5) is 0 Å². The van der Waals surface area contributed by atoms with Crippen LogP contribution >= 0.6 is 11.3 Å². The molecular formula is C15H13N3OS. The minimum absolute atomic E-state index is 0.167. The summed E-state index contributed by atoms with van der Waals surface area (Å²) in [6.45, 7) is 2.36. The van der Waals surface area contributed by atoms with Crippen molar-refractivity contribution in [1.82, 2.24) is 10.3 Å². The number of carbonyl (C=O) groups is 1. The molecule has 1 N–H and O–H groups in total. The predicted octanol–water partition coefficient (Wildman–Crippen LogP) is 2.65. The summed E-state index contributed by atoms with van der Waals surface area (Å²) in [7, 11) is 0. The molecule has 0 bridgehead atoms. The van der Waals surface area contributed by atoms with Crippen molar-refractivity contribution in [1.29, 1.82) is 5.26 Å². The number of rotatable bonds is 4. The SMILES string of the molecule is Cc1nc(/C=C/C(=O)NCc2ccc(C#N)cc2)cs1. The number of nitriles is 1. The number of hydrogen-bond donors (Lipinski definition) is 1. The van der Waals surface area contributed by atoms with E-state index in [4.69, 9.17) is 5.26 Å². The van der Waals surface area contributed by atoms with Gasteiger partial charge in [-0.1, -0.05) is 12.1 Å². The van der Waals surface area contributed by atoms with E-state index in [1.807, 2.05) is 24.4 Å². The maximum atomic E-state index is 11.6. The van der Waals surface area contributed by atoms with Gasteiger partial charge < -0.3 is 5.32 Å². The molecule has 1 aromatic heterocycles. The van der Waals surface area contributed by atoms with Crippen LogP contribution in [-0.2, 0) is 11.3 Å². The zero-order valence-electron chi connectivity index (χ0n) is 11.0. The Hall–Kier alpha value is -2.45. The van der Waals surface area contributed by atoms with Gasteiger partial charge in [0.2, 0.25) is 5.91 Å². The Kier molecular flexibility index (Phi) is 4.64. The summed E-state index contributed by atoms with van der Waals surface area (Å²) in [6, 6.07) is 9.17. The van der Waals surface area contributed by atoms with Crippen LogP contribution in [0.5, 0.6) is 0 Å². The van der Waals surface area contributed by atoms with Gasteiger partial charge in [0.15, 0.2) is 0 Å². The molecule has 0 aliphatic rings. The maximum Gasteiger partial charge on any atom is 0.244 e. The second kappa shape index (κ2) is 6.64. The number of nitrogens with one attached hydrogen (secondary N) is 1. The third-order valence-electron chi connectivity index (χ3n) is 2.59. The topological polar surface area (TPSA) is 65.8 Å². The van der Waals surface area contributed by atoms with Crippen molar-refractivity contribution in [2.75, 3.05) is 0 Å².